The van der Waals surface area contributed by atoms with Gasteiger partial charge >= 0.3 is 5.97 Å². The second-order valence-corrected chi connectivity index (χ2v) is 8.49. The summed E-state index contributed by atoms with van der Waals surface area (Å²) in [5.74, 6) is -1.14. The Balaban J connectivity index is 2.25. The van der Waals surface area contributed by atoms with E-state index in [9.17, 15) is 18.3 Å². The first kappa shape index (κ1) is 19.7. The SMILES string of the molecule is CC[C@@H](C)Nc1ccc(S(=O)(=O)NC2CCCCCC2)cc1C(=O)O. The number of hydrogen-bond donors (Lipinski definition) is 3. The highest BCUT2D eigenvalue weighted by Crippen LogP contribution is 2.24. The Morgan fingerprint density at radius 2 is 1.88 bits per heavy atom. The molecular formula is C18H28N2O4S. The van der Waals surface area contributed by atoms with Crippen LogP contribution in [0.3, 0.4) is 0 Å². The number of sulfonamides is 1. The normalized spacial score (nSPS) is 17.7. The Morgan fingerprint density at radius 1 is 1.24 bits per heavy atom. The molecular weight excluding hydrogens is 340 g/mol. The lowest BCUT2D eigenvalue weighted by Gasteiger charge is -2.18. The van der Waals surface area contributed by atoms with Crippen molar-refractivity contribution < 1.29 is 18.3 Å². The fourth-order valence-electron chi connectivity index (χ4n) is 3.05. The van der Waals surface area contributed by atoms with Crippen molar-refractivity contribution >= 4 is 21.7 Å². The molecule has 1 aliphatic carbocycles. The molecule has 0 aromatic heterocycles. The van der Waals surface area contributed by atoms with Gasteiger partial charge in [0.1, 0.15) is 0 Å². The smallest absolute Gasteiger partial charge is 0.337 e. The van der Waals surface area contributed by atoms with Crippen LogP contribution < -0.4 is 10.0 Å². The van der Waals surface area contributed by atoms with E-state index in [1.807, 2.05) is 13.8 Å². The van der Waals surface area contributed by atoms with E-state index in [4.69, 9.17) is 0 Å². The van der Waals surface area contributed by atoms with Gasteiger partial charge < -0.3 is 10.4 Å². The van der Waals surface area contributed by atoms with Crippen LogP contribution in [0.1, 0.15) is 69.2 Å². The largest absolute Gasteiger partial charge is 0.478 e. The zero-order valence-corrected chi connectivity index (χ0v) is 15.7. The first-order valence-electron chi connectivity index (χ1n) is 8.99. The summed E-state index contributed by atoms with van der Waals surface area (Å²) in [5.41, 5.74) is 0.416. The first-order valence-corrected chi connectivity index (χ1v) is 10.5. The van der Waals surface area contributed by atoms with Gasteiger partial charge in [-0.05, 0) is 44.4 Å². The van der Waals surface area contributed by atoms with Crippen LogP contribution in [-0.2, 0) is 10.0 Å². The van der Waals surface area contributed by atoms with E-state index in [-0.39, 0.29) is 22.5 Å². The van der Waals surface area contributed by atoms with Gasteiger partial charge in [-0.2, -0.15) is 0 Å². The summed E-state index contributed by atoms with van der Waals surface area (Å²) in [7, 11) is -3.72. The molecule has 1 aliphatic rings. The predicted octanol–water partition coefficient (Wildman–Crippen LogP) is 3.60. The summed E-state index contributed by atoms with van der Waals surface area (Å²) in [6.07, 6.45) is 6.81. The summed E-state index contributed by atoms with van der Waals surface area (Å²) >= 11 is 0. The number of hydrogen-bond acceptors (Lipinski definition) is 4. The average Bonchev–Trinajstić information content (AvgIpc) is 2.82. The van der Waals surface area contributed by atoms with Crippen LogP contribution in [0.15, 0.2) is 23.1 Å². The monoisotopic (exact) mass is 368 g/mol. The van der Waals surface area contributed by atoms with Crippen LogP contribution >= 0.6 is 0 Å². The number of nitrogens with one attached hydrogen (secondary N) is 2. The lowest BCUT2D eigenvalue weighted by Crippen LogP contribution is -2.34. The highest BCUT2D eigenvalue weighted by atomic mass is 32.2. The molecule has 3 N–H and O–H groups in total. The molecule has 1 atom stereocenters. The Hall–Kier alpha value is -1.60. The highest BCUT2D eigenvalue weighted by Gasteiger charge is 2.23. The van der Waals surface area contributed by atoms with E-state index in [1.54, 1.807) is 0 Å². The summed E-state index contributed by atoms with van der Waals surface area (Å²) in [4.78, 5) is 11.6. The van der Waals surface area contributed by atoms with Gasteiger partial charge in [0.15, 0.2) is 0 Å². The van der Waals surface area contributed by atoms with Crippen molar-refractivity contribution in [3.63, 3.8) is 0 Å². The highest BCUT2D eigenvalue weighted by molar-refractivity contribution is 7.89. The van der Waals surface area contributed by atoms with Gasteiger partial charge in [0.05, 0.1) is 10.5 Å². The Morgan fingerprint density at radius 3 is 2.44 bits per heavy atom. The molecule has 2 rings (SSSR count). The number of carboxylic acids is 1. The Kier molecular flexibility index (Phi) is 6.84. The number of benzene rings is 1. The van der Waals surface area contributed by atoms with E-state index in [2.05, 4.69) is 10.0 Å². The maximum atomic E-state index is 12.7. The molecule has 0 bridgehead atoms. The Bertz CT molecular complexity index is 695. The predicted molar refractivity (Wildman–Crippen MR) is 98.6 cm³/mol. The summed E-state index contributed by atoms with van der Waals surface area (Å²) < 4.78 is 28.1. The topological polar surface area (TPSA) is 95.5 Å². The van der Waals surface area contributed by atoms with Crippen LogP contribution in [0, 0.1) is 0 Å². The van der Waals surface area contributed by atoms with E-state index < -0.39 is 16.0 Å². The minimum Gasteiger partial charge on any atom is -0.478 e. The van der Waals surface area contributed by atoms with Crippen molar-refractivity contribution in [1.82, 2.24) is 4.72 Å². The van der Waals surface area contributed by atoms with Crippen LogP contribution in [0.2, 0.25) is 0 Å². The van der Waals surface area contributed by atoms with Crippen molar-refractivity contribution in [3.05, 3.63) is 23.8 Å². The minimum atomic E-state index is -3.72. The molecule has 1 aromatic rings. The number of rotatable bonds is 7. The average molecular weight is 368 g/mol. The van der Waals surface area contributed by atoms with Crippen molar-refractivity contribution in [2.24, 2.45) is 0 Å². The molecule has 1 aromatic carbocycles. The molecule has 140 valence electrons. The lowest BCUT2D eigenvalue weighted by atomic mass is 10.1. The number of carboxylic acid groups (broad SMARTS) is 1. The molecule has 0 amide bonds. The molecule has 7 heteroatoms. The van der Waals surface area contributed by atoms with Gasteiger partial charge in [0, 0.05) is 17.8 Å². The van der Waals surface area contributed by atoms with E-state index in [1.165, 1.54) is 18.2 Å². The van der Waals surface area contributed by atoms with Gasteiger partial charge in [-0.25, -0.2) is 17.9 Å². The zero-order valence-electron chi connectivity index (χ0n) is 14.9. The van der Waals surface area contributed by atoms with E-state index in [0.29, 0.717) is 5.69 Å². The maximum absolute atomic E-state index is 12.7. The quantitative estimate of drug-likeness (QED) is 0.639. The van der Waals surface area contributed by atoms with Crippen LogP contribution in [0.4, 0.5) is 5.69 Å². The van der Waals surface area contributed by atoms with Crippen LogP contribution in [-0.4, -0.2) is 31.6 Å². The molecule has 0 spiro atoms. The van der Waals surface area contributed by atoms with Gasteiger partial charge in [-0.15, -0.1) is 0 Å². The third-order valence-corrected chi connectivity index (χ3v) is 6.24. The van der Waals surface area contributed by atoms with Crippen molar-refractivity contribution in [2.75, 3.05) is 5.32 Å². The van der Waals surface area contributed by atoms with Crippen LogP contribution in [0.5, 0.6) is 0 Å². The fourth-order valence-corrected chi connectivity index (χ4v) is 4.38. The fraction of sp³-hybridized carbons (Fsp3) is 0.611. The van der Waals surface area contributed by atoms with Gasteiger partial charge in [-0.3, -0.25) is 0 Å². The molecule has 0 aliphatic heterocycles. The van der Waals surface area contributed by atoms with Gasteiger partial charge in [0.25, 0.3) is 0 Å². The molecule has 6 nitrogen and oxygen atoms in total. The maximum Gasteiger partial charge on any atom is 0.337 e. The molecule has 0 heterocycles. The summed E-state index contributed by atoms with van der Waals surface area (Å²) in [5, 5.41) is 12.6. The molecule has 0 saturated heterocycles. The summed E-state index contributed by atoms with van der Waals surface area (Å²) in [6, 6.07) is 4.28. The summed E-state index contributed by atoms with van der Waals surface area (Å²) in [6.45, 7) is 3.94. The second-order valence-electron chi connectivity index (χ2n) is 6.78. The van der Waals surface area contributed by atoms with Crippen molar-refractivity contribution in [2.45, 2.75) is 75.8 Å². The van der Waals surface area contributed by atoms with E-state index in [0.717, 1.165) is 44.9 Å². The molecule has 0 radical (unpaired) electrons. The van der Waals surface area contributed by atoms with E-state index >= 15 is 0 Å². The first-order chi connectivity index (χ1) is 11.8. The van der Waals surface area contributed by atoms with Crippen LogP contribution in [0.25, 0.3) is 0 Å². The zero-order chi connectivity index (χ0) is 18.4. The third-order valence-electron chi connectivity index (χ3n) is 4.72. The number of carbonyl (C=O) groups is 1. The third kappa shape index (κ3) is 5.44. The molecule has 0 unspecified atom stereocenters. The molecule has 1 saturated carbocycles. The van der Waals surface area contributed by atoms with Gasteiger partial charge in [-0.1, -0.05) is 32.6 Å². The van der Waals surface area contributed by atoms with Crippen molar-refractivity contribution in [1.29, 1.82) is 0 Å². The minimum absolute atomic E-state index is 0.00356. The number of anilines is 1. The van der Waals surface area contributed by atoms with Crippen molar-refractivity contribution in [3.8, 4) is 0 Å². The standard InChI is InChI=1S/C18H28N2O4S/c1-3-13(2)19-17-11-10-15(12-16(17)18(21)22)25(23,24)20-14-8-6-4-5-7-9-14/h10-14,19-20H,3-9H2,1-2H3,(H,21,22)/t13-/m1/s1. The molecule has 25 heavy (non-hydrogen) atoms. The number of aromatic carboxylic acids is 1. The lowest BCUT2D eigenvalue weighted by molar-refractivity contribution is 0.0697. The second kappa shape index (κ2) is 8.67. The Labute approximate surface area is 150 Å². The molecule has 1 fully saturated rings. The van der Waals surface area contributed by atoms with Gasteiger partial charge in [0.2, 0.25) is 10.0 Å².